The number of ketones is 1. The van der Waals surface area contributed by atoms with Crippen molar-refractivity contribution in [3.63, 3.8) is 0 Å². The van der Waals surface area contributed by atoms with Crippen LogP contribution in [0.15, 0.2) is 0 Å². The number of likely N-dealkylation sites (tertiary alicyclic amines) is 1. The summed E-state index contributed by atoms with van der Waals surface area (Å²) in [6.45, 7) is 12.3. The van der Waals surface area contributed by atoms with Crippen molar-refractivity contribution in [1.82, 2.24) is 4.90 Å². The lowest BCUT2D eigenvalue weighted by atomic mass is 9.80. The van der Waals surface area contributed by atoms with Gasteiger partial charge in [-0.2, -0.15) is 0 Å². The average Bonchev–Trinajstić information content (AvgIpc) is 2.64. The van der Waals surface area contributed by atoms with Gasteiger partial charge in [0.25, 0.3) is 0 Å². The fourth-order valence-electron chi connectivity index (χ4n) is 2.70. The second kappa shape index (κ2) is 6.93. The van der Waals surface area contributed by atoms with Gasteiger partial charge >= 0.3 is 0 Å². The molecule has 1 saturated heterocycles. The van der Waals surface area contributed by atoms with Gasteiger partial charge in [-0.05, 0) is 18.3 Å². The minimum Gasteiger partial charge on any atom is -0.299 e. The first-order valence-corrected chi connectivity index (χ1v) is 8.32. The van der Waals surface area contributed by atoms with Gasteiger partial charge in [0.05, 0.1) is 5.92 Å². The SMILES string of the molecule is CC(C)(C)C(=O)CCCCCN1C(=O)CC(C(C)(C)C)C1=O. The molecular formula is C18H31NO3. The van der Waals surface area contributed by atoms with Gasteiger partial charge in [-0.15, -0.1) is 0 Å². The summed E-state index contributed by atoms with van der Waals surface area (Å²) in [5, 5.41) is 0. The summed E-state index contributed by atoms with van der Waals surface area (Å²) in [5.74, 6) is 0.00931. The molecule has 1 aliphatic rings. The highest BCUT2D eigenvalue weighted by molar-refractivity contribution is 6.03. The average molecular weight is 309 g/mol. The van der Waals surface area contributed by atoms with E-state index in [1.54, 1.807) is 0 Å². The number of amides is 2. The van der Waals surface area contributed by atoms with Crippen LogP contribution in [-0.2, 0) is 14.4 Å². The maximum atomic E-state index is 12.3. The van der Waals surface area contributed by atoms with Crippen molar-refractivity contribution in [2.75, 3.05) is 6.54 Å². The highest BCUT2D eigenvalue weighted by Gasteiger charge is 2.44. The van der Waals surface area contributed by atoms with Gasteiger partial charge in [-0.25, -0.2) is 0 Å². The van der Waals surface area contributed by atoms with Crippen LogP contribution in [0.5, 0.6) is 0 Å². The standard InChI is InChI=1S/C18H31NO3/c1-17(2,3)13-12-15(21)19(16(13)22)11-9-7-8-10-14(20)18(4,5)6/h13H,7-12H2,1-6H3. The van der Waals surface area contributed by atoms with Crippen LogP contribution in [0.2, 0.25) is 0 Å². The first-order chi connectivity index (χ1) is 9.94. The normalized spacial score (nSPS) is 19.9. The maximum absolute atomic E-state index is 12.3. The molecule has 0 bridgehead atoms. The van der Waals surface area contributed by atoms with Gasteiger partial charge in [-0.3, -0.25) is 19.3 Å². The second-order valence-electron chi connectivity index (χ2n) is 8.49. The fourth-order valence-corrected chi connectivity index (χ4v) is 2.70. The van der Waals surface area contributed by atoms with Gasteiger partial charge in [0.1, 0.15) is 5.78 Å². The molecule has 1 rings (SSSR count). The van der Waals surface area contributed by atoms with E-state index in [9.17, 15) is 14.4 Å². The van der Waals surface area contributed by atoms with Gasteiger partial charge in [0.15, 0.2) is 0 Å². The molecule has 0 N–H and O–H groups in total. The Morgan fingerprint density at radius 2 is 1.64 bits per heavy atom. The molecule has 2 amide bonds. The Hall–Kier alpha value is -1.19. The van der Waals surface area contributed by atoms with Crippen molar-refractivity contribution in [3.05, 3.63) is 0 Å². The van der Waals surface area contributed by atoms with Crippen molar-refractivity contribution >= 4 is 17.6 Å². The molecule has 0 aromatic rings. The number of nitrogens with zero attached hydrogens (tertiary/aromatic N) is 1. The van der Waals surface area contributed by atoms with Crippen molar-refractivity contribution in [2.45, 2.75) is 73.6 Å². The van der Waals surface area contributed by atoms with E-state index in [-0.39, 0.29) is 34.3 Å². The van der Waals surface area contributed by atoms with Gasteiger partial charge in [-0.1, -0.05) is 48.0 Å². The third kappa shape index (κ3) is 4.92. The highest BCUT2D eigenvalue weighted by Crippen LogP contribution is 2.35. The summed E-state index contributed by atoms with van der Waals surface area (Å²) in [4.78, 5) is 37.6. The summed E-state index contributed by atoms with van der Waals surface area (Å²) in [6, 6.07) is 0. The van der Waals surface area contributed by atoms with Gasteiger partial charge in [0, 0.05) is 24.8 Å². The molecule has 22 heavy (non-hydrogen) atoms. The van der Waals surface area contributed by atoms with E-state index in [0.29, 0.717) is 19.4 Å². The Bertz CT molecular complexity index is 440. The van der Waals surface area contributed by atoms with Crippen LogP contribution in [0.3, 0.4) is 0 Å². The fraction of sp³-hybridized carbons (Fsp3) is 0.833. The molecule has 1 fully saturated rings. The molecule has 1 atom stereocenters. The number of hydrogen-bond acceptors (Lipinski definition) is 3. The molecule has 0 aliphatic carbocycles. The first kappa shape index (κ1) is 18.9. The van der Waals surface area contributed by atoms with Crippen molar-refractivity contribution in [1.29, 1.82) is 0 Å². The quantitative estimate of drug-likeness (QED) is 0.556. The summed E-state index contributed by atoms with van der Waals surface area (Å²) < 4.78 is 0. The predicted octanol–water partition coefficient (Wildman–Crippen LogP) is 3.58. The summed E-state index contributed by atoms with van der Waals surface area (Å²) in [5.41, 5.74) is -0.443. The zero-order valence-electron chi connectivity index (χ0n) is 15.0. The molecule has 4 heteroatoms. The lowest BCUT2D eigenvalue weighted by molar-refractivity contribution is -0.140. The number of rotatable bonds is 6. The summed E-state index contributed by atoms with van der Waals surface area (Å²) in [7, 11) is 0. The van der Waals surface area contributed by atoms with Crippen LogP contribution in [-0.4, -0.2) is 29.0 Å². The van der Waals surface area contributed by atoms with Crippen LogP contribution in [0.4, 0.5) is 0 Å². The Morgan fingerprint density at radius 1 is 1.05 bits per heavy atom. The van der Waals surface area contributed by atoms with Crippen LogP contribution in [0.1, 0.15) is 73.6 Å². The van der Waals surface area contributed by atoms with Crippen molar-refractivity contribution < 1.29 is 14.4 Å². The Kier molecular flexibility index (Phi) is 5.94. The molecule has 0 aromatic carbocycles. The predicted molar refractivity (Wildman–Crippen MR) is 87.2 cm³/mol. The Morgan fingerprint density at radius 3 is 2.09 bits per heavy atom. The molecule has 1 unspecified atom stereocenters. The smallest absolute Gasteiger partial charge is 0.233 e. The van der Waals surface area contributed by atoms with Crippen molar-refractivity contribution in [2.24, 2.45) is 16.7 Å². The van der Waals surface area contributed by atoms with Crippen molar-refractivity contribution in [3.8, 4) is 0 Å². The van der Waals surface area contributed by atoms with E-state index in [1.807, 2.05) is 41.5 Å². The van der Waals surface area contributed by atoms with Crippen LogP contribution >= 0.6 is 0 Å². The maximum Gasteiger partial charge on any atom is 0.233 e. The first-order valence-electron chi connectivity index (χ1n) is 8.32. The number of carbonyl (C=O) groups is 3. The van der Waals surface area contributed by atoms with E-state index >= 15 is 0 Å². The zero-order valence-corrected chi connectivity index (χ0v) is 15.0. The zero-order chi connectivity index (χ0) is 17.1. The molecule has 1 heterocycles. The molecule has 126 valence electrons. The largest absolute Gasteiger partial charge is 0.299 e. The van der Waals surface area contributed by atoms with E-state index in [0.717, 1.165) is 19.3 Å². The summed E-state index contributed by atoms with van der Waals surface area (Å²) >= 11 is 0. The van der Waals surface area contributed by atoms with Gasteiger partial charge in [0.2, 0.25) is 11.8 Å². The monoisotopic (exact) mass is 309 g/mol. The molecule has 0 saturated carbocycles. The molecule has 0 radical (unpaired) electrons. The van der Waals surface area contributed by atoms with Gasteiger partial charge < -0.3 is 0 Å². The number of unbranched alkanes of at least 4 members (excludes halogenated alkanes) is 2. The second-order valence-corrected chi connectivity index (χ2v) is 8.49. The summed E-state index contributed by atoms with van der Waals surface area (Å²) in [6.07, 6.45) is 3.40. The van der Waals surface area contributed by atoms with E-state index in [2.05, 4.69) is 0 Å². The van der Waals surface area contributed by atoms with Crippen LogP contribution < -0.4 is 0 Å². The minimum atomic E-state index is -0.277. The topological polar surface area (TPSA) is 54.5 Å². The minimum absolute atomic E-state index is 0.0248. The van der Waals surface area contributed by atoms with E-state index < -0.39 is 0 Å². The third-order valence-corrected chi connectivity index (χ3v) is 4.41. The lowest BCUT2D eigenvalue weighted by Crippen LogP contribution is -2.34. The highest BCUT2D eigenvalue weighted by atomic mass is 16.2. The van der Waals surface area contributed by atoms with Crippen LogP contribution in [0.25, 0.3) is 0 Å². The number of carbonyl (C=O) groups excluding carboxylic acids is 3. The third-order valence-electron chi connectivity index (χ3n) is 4.41. The molecule has 1 aliphatic heterocycles. The Labute approximate surface area is 134 Å². The number of imide groups is 1. The molecule has 0 aromatic heterocycles. The lowest BCUT2D eigenvalue weighted by Gasteiger charge is -2.24. The molecule has 4 nitrogen and oxygen atoms in total. The number of hydrogen-bond donors (Lipinski definition) is 0. The molecular weight excluding hydrogens is 278 g/mol. The van der Waals surface area contributed by atoms with E-state index in [1.165, 1.54) is 4.90 Å². The van der Waals surface area contributed by atoms with E-state index in [4.69, 9.17) is 0 Å². The molecule has 0 spiro atoms. The Balaban J connectivity index is 2.36. The number of Topliss-reactive ketones (excluding diaryl/α,β-unsaturated/α-hetero) is 1. The van der Waals surface area contributed by atoms with Crippen LogP contribution in [0, 0.1) is 16.7 Å².